The van der Waals surface area contributed by atoms with E-state index in [0.717, 1.165) is 40.6 Å². The van der Waals surface area contributed by atoms with E-state index < -0.39 is 5.97 Å². The molecule has 1 aliphatic carbocycles. The maximum Gasteiger partial charge on any atom is 0.339 e. The molecule has 1 atom stereocenters. The number of aromatic nitrogens is 1. The number of ether oxygens (including phenoxy) is 3. The lowest BCUT2D eigenvalue weighted by Gasteiger charge is -2.20. The summed E-state index contributed by atoms with van der Waals surface area (Å²) in [5.41, 5.74) is 3.51. The number of rotatable bonds is 11. The minimum absolute atomic E-state index is 0.0402. The fourth-order valence-electron chi connectivity index (χ4n) is 4.14. The van der Waals surface area contributed by atoms with Crippen molar-refractivity contribution < 1.29 is 24.1 Å². The van der Waals surface area contributed by atoms with Crippen LogP contribution in [0.5, 0.6) is 11.5 Å². The van der Waals surface area contributed by atoms with Gasteiger partial charge in [-0.15, -0.1) is 0 Å². The number of hydrogen-bond acceptors (Lipinski definition) is 5. The van der Waals surface area contributed by atoms with E-state index in [-0.39, 0.29) is 24.0 Å². The Labute approximate surface area is 236 Å². The first-order valence-corrected chi connectivity index (χ1v) is 13.3. The molecule has 0 bridgehead atoms. The molecule has 0 saturated heterocycles. The number of halogens is 2. The third-order valence-corrected chi connectivity index (χ3v) is 7.24. The largest absolute Gasteiger partial charge is 0.497 e. The third kappa shape index (κ3) is 6.90. The highest BCUT2D eigenvalue weighted by atomic mass is 35.5. The smallest absolute Gasteiger partial charge is 0.339 e. The summed E-state index contributed by atoms with van der Waals surface area (Å²) in [5.74, 6) is 0.198. The average molecular weight is 564 g/mol. The number of carbonyl (C=O) groups is 1. The molecule has 5 rings (SSSR count). The summed E-state index contributed by atoms with van der Waals surface area (Å²) < 4.78 is 17.4. The van der Waals surface area contributed by atoms with Crippen LogP contribution in [0.15, 0.2) is 66.7 Å². The minimum atomic E-state index is -1.08. The van der Waals surface area contributed by atoms with E-state index in [1.165, 1.54) is 13.2 Å². The van der Waals surface area contributed by atoms with Crippen LogP contribution in [0.3, 0.4) is 0 Å². The average Bonchev–Trinajstić information content (AvgIpc) is 3.77. The zero-order valence-corrected chi connectivity index (χ0v) is 22.8. The van der Waals surface area contributed by atoms with Crippen LogP contribution in [0.1, 0.15) is 46.1 Å². The Morgan fingerprint density at radius 1 is 1.05 bits per heavy atom. The molecular weight excluding hydrogens is 537 g/mol. The van der Waals surface area contributed by atoms with Crippen molar-refractivity contribution in [2.24, 2.45) is 5.92 Å². The molecule has 0 amide bonds. The Morgan fingerprint density at radius 2 is 1.87 bits per heavy atom. The van der Waals surface area contributed by atoms with Crippen LogP contribution in [-0.2, 0) is 4.74 Å². The Balaban J connectivity index is 1.35. The van der Waals surface area contributed by atoms with E-state index in [9.17, 15) is 9.90 Å². The summed E-state index contributed by atoms with van der Waals surface area (Å²) in [6.07, 6.45) is 5.88. The van der Waals surface area contributed by atoms with Gasteiger partial charge in [0.15, 0.2) is 0 Å². The van der Waals surface area contributed by atoms with Crippen molar-refractivity contribution in [1.82, 2.24) is 4.98 Å². The first-order chi connectivity index (χ1) is 18.9. The quantitative estimate of drug-likeness (QED) is 0.199. The van der Waals surface area contributed by atoms with Gasteiger partial charge in [0, 0.05) is 5.39 Å². The van der Waals surface area contributed by atoms with E-state index in [1.807, 2.05) is 48.6 Å². The normalized spacial score (nSPS) is 14.0. The van der Waals surface area contributed by atoms with Gasteiger partial charge in [-0.2, -0.15) is 0 Å². The lowest BCUT2D eigenvalue weighted by molar-refractivity contribution is 0.0128. The summed E-state index contributed by atoms with van der Waals surface area (Å²) in [7, 11) is 1.49. The van der Waals surface area contributed by atoms with Gasteiger partial charge in [-0.05, 0) is 78.4 Å². The SMILES string of the molecule is COc1ccc(OCC(OCC2CC2)c2cccc(/C=C/c3ccc4cc(Cl)c(Cl)cc4n3)c2)c(C(=O)O)c1. The molecule has 3 aromatic carbocycles. The van der Waals surface area contributed by atoms with Crippen LogP contribution in [-0.4, -0.2) is 36.4 Å². The molecule has 0 radical (unpaired) electrons. The van der Waals surface area contributed by atoms with Crippen LogP contribution in [0.25, 0.3) is 23.1 Å². The first-order valence-electron chi connectivity index (χ1n) is 12.6. The fraction of sp³-hybridized carbons (Fsp3) is 0.226. The minimum Gasteiger partial charge on any atom is -0.497 e. The predicted molar refractivity (Wildman–Crippen MR) is 154 cm³/mol. The molecule has 1 saturated carbocycles. The maximum atomic E-state index is 11.8. The Bertz CT molecular complexity index is 1530. The molecule has 8 heteroatoms. The van der Waals surface area contributed by atoms with Gasteiger partial charge < -0.3 is 19.3 Å². The number of carboxylic acids is 1. The molecule has 1 N–H and O–H groups in total. The molecule has 0 aliphatic heterocycles. The number of pyridine rings is 1. The van der Waals surface area contributed by atoms with Gasteiger partial charge in [0.1, 0.15) is 29.8 Å². The van der Waals surface area contributed by atoms with Crippen molar-refractivity contribution >= 4 is 52.2 Å². The molecular formula is C31H27Cl2NO5. The van der Waals surface area contributed by atoms with Crippen LogP contribution in [0.2, 0.25) is 10.0 Å². The fourth-order valence-corrected chi connectivity index (χ4v) is 4.47. The number of hydrogen-bond donors (Lipinski definition) is 1. The van der Waals surface area contributed by atoms with Crippen LogP contribution in [0.4, 0.5) is 0 Å². The van der Waals surface area contributed by atoms with Gasteiger partial charge in [-0.25, -0.2) is 9.78 Å². The highest BCUT2D eigenvalue weighted by Gasteiger charge is 2.25. The van der Waals surface area contributed by atoms with Gasteiger partial charge in [0.2, 0.25) is 0 Å². The lowest BCUT2D eigenvalue weighted by atomic mass is 10.1. The molecule has 1 fully saturated rings. The second-order valence-corrected chi connectivity index (χ2v) is 10.3. The molecule has 1 heterocycles. The van der Waals surface area contributed by atoms with Crippen molar-refractivity contribution in [3.8, 4) is 11.5 Å². The standard InChI is InChI=1S/C31H27Cl2NO5/c1-37-24-11-12-29(25(15-24)31(35)36)39-18-30(38-17-20-5-6-20)22-4-2-3-19(13-22)7-9-23-10-8-21-14-26(32)27(33)16-28(21)34-23/h2-4,7-16,20,30H,5-6,17-18H2,1H3,(H,35,36)/b9-7+. The number of methoxy groups -OCH3 is 1. The molecule has 200 valence electrons. The van der Waals surface area contributed by atoms with Crippen LogP contribution >= 0.6 is 23.2 Å². The van der Waals surface area contributed by atoms with E-state index in [4.69, 9.17) is 37.4 Å². The Morgan fingerprint density at radius 3 is 2.64 bits per heavy atom. The molecule has 1 unspecified atom stereocenters. The molecule has 4 aromatic rings. The second-order valence-electron chi connectivity index (χ2n) is 9.44. The number of benzene rings is 3. The molecule has 39 heavy (non-hydrogen) atoms. The van der Waals surface area contributed by atoms with Crippen molar-refractivity contribution in [3.05, 3.63) is 99.2 Å². The number of carboxylic acid groups (broad SMARTS) is 1. The van der Waals surface area contributed by atoms with Crippen LogP contribution < -0.4 is 9.47 Å². The second kappa shape index (κ2) is 12.1. The van der Waals surface area contributed by atoms with Gasteiger partial charge in [-0.3, -0.25) is 0 Å². The Hall–Kier alpha value is -3.58. The first kappa shape index (κ1) is 27.0. The number of nitrogens with zero attached hydrogens (tertiary/aromatic N) is 1. The highest BCUT2D eigenvalue weighted by Crippen LogP contribution is 2.32. The zero-order valence-electron chi connectivity index (χ0n) is 21.3. The van der Waals surface area contributed by atoms with Crippen molar-refractivity contribution in [2.75, 3.05) is 20.3 Å². The predicted octanol–water partition coefficient (Wildman–Crippen LogP) is 7.97. The van der Waals surface area contributed by atoms with E-state index in [1.54, 1.807) is 24.3 Å². The summed E-state index contributed by atoms with van der Waals surface area (Å²) in [5, 5.41) is 11.5. The van der Waals surface area contributed by atoms with Gasteiger partial charge in [0.05, 0.1) is 35.0 Å². The van der Waals surface area contributed by atoms with Crippen molar-refractivity contribution in [2.45, 2.75) is 18.9 Å². The third-order valence-electron chi connectivity index (χ3n) is 6.52. The number of aromatic carboxylic acids is 1. The summed E-state index contributed by atoms with van der Waals surface area (Å²) in [4.78, 5) is 16.4. The van der Waals surface area contributed by atoms with Gasteiger partial charge in [-0.1, -0.05) is 53.5 Å². The molecule has 1 aromatic heterocycles. The molecule has 0 spiro atoms. The topological polar surface area (TPSA) is 77.9 Å². The van der Waals surface area contributed by atoms with Crippen molar-refractivity contribution in [1.29, 1.82) is 0 Å². The molecule has 1 aliphatic rings. The summed E-state index contributed by atoms with van der Waals surface area (Å²) >= 11 is 12.3. The van der Waals surface area contributed by atoms with Gasteiger partial charge in [0.25, 0.3) is 0 Å². The zero-order chi connectivity index (χ0) is 27.4. The van der Waals surface area contributed by atoms with E-state index >= 15 is 0 Å². The summed E-state index contributed by atoms with van der Waals surface area (Å²) in [6.45, 7) is 0.804. The van der Waals surface area contributed by atoms with Gasteiger partial charge >= 0.3 is 5.97 Å². The maximum absolute atomic E-state index is 11.8. The van der Waals surface area contributed by atoms with E-state index in [2.05, 4.69) is 4.98 Å². The highest BCUT2D eigenvalue weighted by molar-refractivity contribution is 6.42. The van der Waals surface area contributed by atoms with Crippen molar-refractivity contribution in [3.63, 3.8) is 0 Å². The summed E-state index contributed by atoms with van der Waals surface area (Å²) in [6, 6.07) is 20.2. The Kier molecular flexibility index (Phi) is 8.36. The molecule has 6 nitrogen and oxygen atoms in total. The number of fused-ring (bicyclic) bond motifs is 1. The monoisotopic (exact) mass is 563 g/mol. The van der Waals surface area contributed by atoms with E-state index in [0.29, 0.717) is 28.3 Å². The lowest BCUT2D eigenvalue weighted by Crippen LogP contribution is -2.16. The van der Waals surface area contributed by atoms with Crippen LogP contribution in [0, 0.1) is 5.92 Å².